The summed E-state index contributed by atoms with van der Waals surface area (Å²) in [6, 6.07) is 16.7. The predicted octanol–water partition coefficient (Wildman–Crippen LogP) is 5.38. The highest BCUT2D eigenvalue weighted by Gasteiger charge is 2.11. The molecular formula is C25H21ClN2O4. The van der Waals surface area contributed by atoms with Crippen LogP contribution in [0.2, 0.25) is 5.02 Å². The van der Waals surface area contributed by atoms with E-state index >= 15 is 0 Å². The Morgan fingerprint density at radius 2 is 1.72 bits per heavy atom. The molecule has 6 nitrogen and oxygen atoms in total. The third-order valence-electron chi connectivity index (χ3n) is 4.70. The van der Waals surface area contributed by atoms with Crippen molar-refractivity contribution >= 4 is 23.6 Å². The van der Waals surface area contributed by atoms with E-state index in [1.807, 2.05) is 44.2 Å². The van der Waals surface area contributed by atoms with Crippen LogP contribution in [0.3, 0.4) is 0 Å². The molecule has 0 aliphatic carbocycles. The fourth-order valence-electron chi connectivity index (χ4n) is 3.01. The number of amides is 1. The number of phenolic OH excluding ortho intramolecular Hbond substituents is 2. The zero-order chi connectivity index (χ0) is 23.3. The van der Waals surface area contributed by atoms with Gasteiger partial charge in [0.2, 0.25) is 0 Å². The van der Waals surface area contributed by atoms with Crippen LogP contribution >= 0.6 is 11.6 Å². The van der Waals surface area contributed by atoms with Crippen molar-refractivity contribution in [2.24, 2.45) is 0 Å². The summed E-state index contributed by atoms with van der Waals surface area (Å²) in [5.41, 5.74) is 2.77. The standard InChI is InChI=1S/C25H21ClN2O4/c1-15-9-22(10-16(2)24(15)26)32-21-7-3-17(4-8-21)14-28-25(31)19(13-27)11-18-5-6-20(29)12-23(18)30/h3-12,29-30H,14H2,1-2H3,(H,28,31)/b19-11-. The molecule has 162 valence electrons. The van der Waals surface area contributed by atoms with Crippen LogP contribution in [-0.2, 0) is 11.3 Å². The maximum Gasteiger partial charge on any atom is 0.262 e. The molecule has 0 aliphatic heterocycles. The lowest BCUT2D eigenvalue weighted by atomic mass is 10.1. The van der Waals surface area contributed by atoms with Gasteiger partial charge >= 0.3 is 0 Å². The molecule has 0 atom stereocenters. The van der Waals surface area contributed by atoms with Crippen LogP contribution in [-0.4, -0.2) is 16.1 Å². The van der Waals surface area contributed by atoms with Gasteiger partial charge < -0.3 is 20.3 Å². The number of halogens is 1. The van der Waals surface area contributed by atoms with Gasteiger partial charge in [0.15, 0.2) is 0 Å². The molecule has 0 aromatic heterocycles. The van der Waals surface area contributed by atoms with Crippen molar-refractivity contribution < 1.29 is 19.7 Å². The lowest BCUT2D eigenvalue weighted by Crippen LogP contribution is -2.23. The summed E-state index contributed by atoms with van der Waals surface area (Å²) < 4.78 is 5.88. The van der Waals surface area contributed by atoms with E-state index in [0.29, 0.717) is 11.5 Å². The van der Waals surface area contributed by atoms with Gasteiger partial charge in [0, 0.05) is 23.2 Å². The first-order valence-electron chi connectivity index (χ1n) is 9.72. The summed E-state index contributed by atoms with van der Waals surface area (Å²) in [7, 11) is 0. The number of nitrogens with zero attached hydrogens (tertiary/aromatic N) is 1. The van der Waals surface area contributed by atoms with E-state index in [-0.39, 0.29) is 29.2 Å². The number of benzene rings is 3. The molecule has 0 radical (unpaired) electrons. The fourth-order valence-corrected chi connectivity index (χ4v) is 3.12. The predicted molar refractivity (Wildman–Crippen MR) is 123 cm³/mol. The molecule has 0 unspecified atom stereocenters. The van der Waals surface area contributed by atoms with Crippen LogP contribution in [0.4, 0.5) is 0 Å². The summed E-state index contributed by atoms with van der Waals surface area (Å²) in [6.45, 7) is 4.04. The summed E-state index contributed by atoms with van der Waals surface area (Å²) in [5.74, 6) is 0.407. The molecule has 3 aromatic carbocycles. The maximum absolute atomic E-state index is 12.4. The molecule has 3 N–H and O–H groups in total. The second-order valence-electron chi connectivity index (χ2n) is 7.21. The fraction of sp³-hybridized carbons (Fsp3) is 0.120. The van der Waals surface area contributed by atoms with Gasteiger partial charge in [0.1, 0.15) is 34.6 Å². The first kappa shape index (κ1) is 22.7. The minimum Gasteiger partial charge on any atom is -0.508 e. The minimum atomic E-state index is -0.576. The highest BCUT2D eigenvalue weighted by molar-refractivity contribution is 6.32. The molecule has 0 fully saturated rings. The molecule has 0 heterocycles. The van der Waals surface area contributed by atoms with Crippen molar-refractivity contribution in [2.75, 3.05) is 0 Å². The number of aryl methyl sites for hydroxylation is 2. The number of rotatable bonds is 6. The van der Waals surface area contributed by atoms with E-state index in [2.05, 4.69) is 5.32 Å². The summed E-state index contributed by atoms with van der Waals surface area (Å²) in [5, 5.41) is 31.9. The Labute approximate surface area is 191 Å². The highest BCUT2D eigenvalue weighted by atomic mass is 35.5. The average molecular weight is 449 g/mol. The Morgan fingerprint density at radius 3 is 2.31 bits per heavy atom. The number of ether oxygens (including phenoxy) is 1. The zero-order valence-electron chi connectivity index (χ0n) is 17.5. The van der Waals surface area contributed by atoms with Crippen LogP contribution < -0.4 is 10.1 Å². The normalized spacial score (nSPS) is 11.0. The number of carbonyl (C=O) groups is 1. The lowest BCUT2D eigenvalue weighted by Gasteiger charge is -2.10. The van der Waals surface area contributed by atoms with E-state index in [4.69, 9.17) is 16.3 Å². The van der Waals surface area contributed by atoms with E-state index in [1.54, 1.807) is 12.1 Å². The van der Waals surface area contributed by atoms with Crippen molar-refractivity contribution in [3.05, 3.63) is 87.4 Å². The number of aromatic hydroxyl groups is 2. The molecule has 7 heteroatoms. The molecule has 0 bridgehead atoms. The molecular weight excluding hydrogens is 428 g/mol. The Balaban J connectivity index is 1.63. The largest absolute Gasteiger partial charge is 0.508 e. The SMILES string of the molecule is Cc1cc(Oc2ccc(CNC(=O)/C(C#N)=C\c3ccc(O)cc3O)cc2)cc(C)c1Cl. The van der Waals surface area contributed by atoms with Crippen molar-refractivity contribution in [1.82, 2.24) is 5.32 Å². The van der Waals surface area contributed by atoms with Gasteiger partial charge in [0.05, 0.1) is 0 Å². The van der Waals surface area contributed by atoms with Crippen LogP contribution in [0.1, 0.15) is 22.3 Å². The third kappa shape index (κ3) is 5.60. The maximum atomic E-state index is 12.4. The number of nitriles is 1. The van der Waals surface area contributed by atoms with Crippen LogP contribution in [0, 0.1) is 25.2 Å². The monoisotopic (exact) mass is 448 g/mol. The van der Waals surface area contributed by atoms with Crippen molar-refractivity contribution in [3.8, 4) is 29.1 Å². The van der Waals surface area contributed by atoms with Gasteiger partial charge in [0.25, 0.3) is 5.91 Å². The molecule has 3 aromatic rings. The molecule has 0 aliphatic rings. The van der Waals surface area contributed by atoms with Crippen molar-refractivity contribution in [1.29, 1.82) is 5.26 Å². The van der Waals surface area contributed by atoms with Gasteiger partial charge in [-0.1, -0.05) is 23.7 Å². The summed E-state index contributed by atoms with van der Waals surface area (Å²) >= 11 is 6.19. The molecule has 0 spiro atoms. The van der Waals surface area contributed by atoms with Gasteiger partial charge in [-0.15, -0.1) is 0 Å². The molecule has 1 amide bonds. The molecule has 0 saturated heterocycles. The summed E-state index contributed by atoms with van der Waals surface area (Å²) in [4.78, 5) is 12.4. The first-order chi connectivity index (χ1) is 15.3. The van der Waals surface area contributed by atoms with Gasteiger partial charge in [-0.05, 0) is 73.0 Å². The smallest absolute Gasteiger partial charge is 0.262 e. The Bertz CT molecular complexity index is 1200. The molecule has 0 saturated carbocycles. The van der Waals surface area contributed by atoms with E-state index in [9.17, 15) is 20.3 Å². The van der Waals surface area contributed by atoms with Crippen molar-refractivity contribution in [3.63, 3.8) is 0 Å². The number of hydrogen-bond donors (Lipinski definition) is 3. The minimum absolute atomic E-state index is 0.114. The lowest BCUT2D eigenvalue weighted by molar-refractivity contribution is -0.117. The van der Waals surface area contributed by atoms with E-state index in [0.717, 1.165) is 27.8 Å². The Morgan fingerprint density at radius 1 is 1.06 bits per heavy atom. The molecule has 3 rings (SSSR count). The second-order valence-corrected chi connectivity index (χ2v) is 7.59. The number of nitrogens with one attached hydrogen (secondary N) is 1. The highest BCUT2D eigenvalue weighted by Crippen LogP contribution is 2.29. The Kier molecular flexibility index (Phi) is 7.04. The van der Waals surface area contributed by atoms with E-state index in [1.165, 1.54) is 18.2 Å². The number of phenols is 2. The van der Waals surface area contributed by atoms with Gasteiger partial charge in [-0.2, -0.15) is 5.26 Å². The quantitative estimate of drug-likeness (QED) is 0.347. The van der Waals surface area contributed by atoms with Crippen molar-refractivity contribution in [2.45, 2.75) is 20.4 Å². The third-order valence-corrected chi connectivity index (χ3v) is 5.30. The van der Waals surface area contributed by atoms with Crippen LogP contribution in [0.5, 0.6) is 23.0 Å². The summed E-state index contributed by atoms with van der Waals surface area (Å²) in [6.07, 6.45) is 1.26. The van der Waals surface area contributed by atoms with E-state index < -0.39 is 5.91 Å². The number of hydrogen-bond acceptors (Lipinski definition) is 5. The molecule has 32 heavy (non-hydrogen) atoms. The zero-order valence-corrected chi connectivity index (χ0v) is 18.3. The number of carbonyl (C=O) groups excluding carboxylic acids is 1. The average Bonchev–Trinajstić information content (AvgIpc) is 2.76. The first-order valence-corrected chi connectivity index (χ1v) is 10.1. The van der Waals surface area contributed by atoms with Crippen LogP contribution in [0.15, 0.2) is 60.2 Å². The Hall–Kier alpha value is -3.95. The second kappa shape index (κ2) is 9.90. The van der Waals surface area contributed by atoms with Crippen LogP contribution in [0.25, 0.3) is 6.08 Å². The van der Waals surface area contributed by atoms with Gasteiger partial charge in [-0.3, -0.25) is 4.79 Å². The van der Waals surface area contributed by atoms with Gasteiger partial charge in [-0.25, -0.2) is 0 Å². The topological polar surface area (TPSA) is 103 Å².